The van der Waals surface area contributed by atoms with Gasteiger partial charge in [-0.1, -0.05) is 0 Å². The zero-order valence-corrected chi connectivity index (χ0v) is 17.3. The summed E-state index contributed by atoms with van der Waals surface area (Å²) in [5.74, 6) is 1.85. The van der Waals surface area contributed by atoms with Crippen molar-refractivity contribution < 1.29 is 9.84 Å². The lowest BCUT2D eigenvalue weighted by molar-refractivity contribution is 0.187. The van der Waals surface area contributed by atoms with Crippen LogP contribution in [0.5, 0.6) is 5.75 Å². The number of nitrogens with one attached hydrogen (secondary N) is 1. The highest BCUT2D eigenvalue weighted by Crippen LogP contribution is 2.20. The number of hydrogen-bond acceptors (Lipinski definition) is 5. The molecule has 0 bridgehead atoms. The van der Waals surface area contributed by atoms with Gasteiger partial charge in [0.15, 0.2) is 5.96 Å². The topological polar surface area (TPSA) is 63.6 Å². The molecule has 2 saturated heterocycles. The molecule has 2 fully saturated rings. The van der Waals surface area contributed by atoms with Crippen molar-refractivity contribution in [1.82, 2.24) is 15.1 Å². The van der Waals surface area contributed by atoms with Crippen LogP contribution in [0.3, 0.4) is 0 Å². The van der Waals surface area contributed by atoms with Gasteiger partial charge in [0.05, 0.1) is 13.2 Å². The predicted molar refractivity (Wildman–Crippen MR) is 114 cm³/mol. The molecule has 7 heteroatoms. The molecule has 1 atom stereocenters. The number of piperazine rings is 1. The molecule has 0 saturated carbocycles. The third-order valence-corrected chi connectivity index (χ3v) is 5.50. The highest BCUT2D eigenvalue weighted by atomic mass is 16.5. The first-order valence-corrected chi connectivity index (χ1v) is 10.5. The molecule has 2 aliphatic heterocycles. The number of guanidine groups is 1. The molecule has 0 spiro atoms. The Morgan fingerprint density at radius 2 is 1.93 bits per heavy atom. The molecule has 1 aromatic carbocycles. The third kappa shape index (κ3) is 5.75. The fraction of sp³-hybridized carbons (Fsp3) is 0.667. The molecule has 2 N–H and O–H groups in total. The highest BCUT2D eigenvalue weighted by molar-refractivity contribution is 5.80. The van der Waals surface area contributed by atoms with Crippen molar-refractivity contribution in [1.29, 1.82) is 0 Å². The summed E-state index contributed by atoms with van der Waals surface area (Å²) in [7, 11) is 1.70. The third-order valence-electron chi connectivity index (χ3n) is 5.50. The largest absolute Gasteiger partial charge is 0.497 e. The summed E-state index contributed by atoms with van der Waals surface area (Å²) in [4.78, 5) is 11.9. The maximum absolute atomic E-state index is 9.75. The first-order valence-electron chi connectivity index (χ1n) is 10.5. The second-order valence-electron chi connectivity index (χ2n) is 7.50. The van der Waals surface area contributed by atoms with Crippen LogP contribution in [0.4, 0.5) is 5.69 Å². The van der Waals surface area contributed by atoms with E-state index in [-0.39, 0.29) is 6.10 Å². The van der Waals surface area contributed by atoms with Gasteiger partial charge >= 0.3 is 0 Å². The van der Waals surface area contributed by atoms with Gasteiger partial charge in [-0.15, -0.1) is 0 Å². The van der Waals surface area contributed by atoms with Gasteiger partial charge < -0.3 is 25.0 Å². The fourth-order valence-electron chi connectivity index (χ4n) is 3.86. The molecule has 28 heavy (non-hydrogen) atoms. The van der Waals surface area contributed by atoms with Gasteiger partial charge in [0.2, 0.25) is 0 Å². The van der Waals surface area contributed by atoms with E-state index in [2.05, 4.69) is 39.1 Å². The van der Waals surface area contributed by atoms with Gasteiger partial charge in [-0.2, -0.15) is 0 Å². The number of aliphatic imine (C=N–C) groups is 1. The number of likely N-dealkylation sites (tertiary alicyclic amines) is 1. The number of hydrogen-bond donors (Lipinski definition) is 2. The molecule has 0 aromatic heterocycles. The molecule has 0 radical (unpaired) electrons. The van der Waals surface area contributed by atoms with Crippen LogP contribution in [0, 0.1) is 0 Å². The van der Waals surface area contributed by atoms with E-state index in [0.717, 1.165) is 76.9 Å². The lowest BCUT2D eigenvalue weighted by Crippen LogP contribution is -2.46. The zero-order valence-electron chi connectivity index (χ0n) is 17.3. The maximum atomic E-state index is 9.75. The summed E-state index contributed by atoms with van der Waals surface area (Å²) >= 11 is 0. The first-order chi connectivity index (χ1) is 13.7. The average molecular weight is 390 g/mol. The Morgan fingerprint density at radius 3 is 2.54 bits per heavy atom. The summed E-state index contributed by atoms with van der Waals surface area (Å²) in [5, 5.41) is 13.1. The van der Waals surface area contributed by atoms with Crippen LogP contribution in [-0.4, -0.2) is 93.0 Å². The molecule has 3 rings (SSSR count). The molecular formula is C21H35N5O2. The van der Waals surface area contributed by atoms with E-state index in [1.54, 1.807) is 7.11 Å². The molecule has 2 heterocycles. The molecule has 2 aliphatic rings. The second kappa shape index (κ2) is 10.5. The summed E-state index contributed by atoms with van der Waals surface area (Å²) in [6.45, 7) is 10.7. The lowest BCUT2D eigenvalue weighted by Gasteiger charge is -2.36. The van der Waals surface area contributed by atoms with Gasteiger partial charge in [0.1, 0.15) is 5.75 Å². The normalized spacial score (nSPS) is 21.2. The molecule has 0 unspecified atom stereocenters. The summed E-state index contributed by atoms with van der Waals surface area (Å²) in [6.07, 6.45) is 1.68. The Balaban J connectivity index is 1.38. The van der Waals surface area contributed by atoms with E-state index >= 15 is 0 Å². The summed E-state index contributed by atoms with van der Waals surface area (Å²) in [6, 6.07) is 8.34. The zero-order chi connectivity index (χ0) is 19.8. The molecule has 0 aliphatic carbocycles. The second-order valence-corrected chi connectivity index (χ2v) is 7.50. The van der Waals surface area contributed by atoms with E-state index in [0.29, 0.717) is 6.54 Å². The Hall–Kier alpha value is -1.99. The molecule has 1 aromatic rings. The minimum Gasteiger partial charge on any atom is -0.497 e. The number of rotatable bonds is 7. The van der Waals surface area contributed by atoms with Gasteiger partial charge in [-0.25, -0.2) is 0 Å². The van der Waals surface area contributed by atoms with Crippen molar-refractivity contribution >= 4 is 11.6 Å². The number of anilines is 1. The van der Waals surface area contributed by atoms with Crippen LogP contribution < -0.4 is 15.0 Å². The van der Waals surface area contributed by atoms with Crippen LogP contribution >= 0.6 is 0 Å². The van der Waals surface area contributed by atoms with Crippen molar-refractivity contribution in [2.24, 2.45) is 4.99 Å². The SMILES string of the molecule is CCNC(=NCCCN1CCN(c2ccc(OC)cc2)CC1)N1CC[C@@H](O)C1. The molecule has 7 nitrogen and oxygen atoms in total. The van der Waals surface area contributed by atoms with E-state index in [9.17, 15) is 5.11 Å². The van der Waals surface area contributed by atoms with Gasteiger partial charge in [0, 0.05) is 64.6 Å². The fourth-order valence-corrected chi connectivity index (χ4v) is 3.86. The Kier molecular flexibility index (Phi) is 7.80. The first kappa shape index (κ1) is 20.7. The van der Waals surface area contributed by atoms with Crippen LogP contribution in [0.1, 0.15) is 19.8 Å². The minimum atomic E-state index is -0.217. The lowest BCUT2D eigenvalue weighted by atomic mass is 10.2. The predicted octanol–water partition coefficient (Wildman–Crippen LogP) is 1.24. The van der Waals surface area contributed by atoms with Crippen molar-refractivity contribution in [3.8, 4) is 5.75 Å². The number of aliphatic hydroxyl groups is 1. The molecule has 0 amide bonds. The average Bonchev–Trinajstić information content (AvgIpc) is 3.17. The van der Waals surface area contributed by atoms with Crippen LogP contribution in [0.15, 0.2) is 29.3 Å². The van der Waals surface area contributed by atoms with E-state index in [1.807, 2.05) is 12.1 Å². The molecule has 156 valence electrons. The maximum Gasteiger partial charge on any atom is 0.194 e. The number of nitrogens with zero attached hydrogens (tertiary/aromatic N) is 4. The van der Waals surface area contributed by atoms with Crippen molar-refractivity contribution in [2.45, 2.75) is 25.9 Å². The number of benzene rings is 1. The van der Waals surface area contributed by atoms with Gasteiger partial charge in [0.25, 0.3) is 0 Å². The Bertz CT molecular complexity index is 614. The van der Waals surface area contributed by atoms with E-state index in [1.165, 1.54) is 5.69 Å². The van der Waals surface area contributed by atoms with E-state index in [4.69, 9.17) is 9.73 Å². The van der Waals surface area contributed by atoms with Crippen LogP contribution in [0.2, 0.25) is 0 Å². The smallest absolute Gasteiger partial charge is 0.194 e. The van der Waals surface area contributed by atoms with Gasteiger partial charge in [-0.3, -0.25) is 9.89 Å². The quantitative estimate of drug-likeness (QED) is 0.416. The minimum absolute atomic E-state index is 0.217. The number of aliphatic hydroxyl groups excluding tert-OH is 1. The summed E-state index contributed by atoms with van der Waals surface area (Å²) in [5.41, 5.74) is 1.27. The number of ether oxygens (including phenoxy) is 1. The molecular weight excluding hydrogens is 354 g/mol. The standard InChI is InChI=1S/C21H35N5O2/c1-3-22-21(26-12-9-19(27)17-26)23-10-4-11-24-13-15-25(16-14-24)18-5-7-20(28-2)8-6-18/h5-8,19,27H,3-4,9-17H2,1-2H3,(H,22,23)/t19-/m1/s1. The monoisotopic (exact) mass is 389 g/mol. The van der Waals surface area contributed by atoms with Crippen molar-refractivity contribution in [2.75, 3.05) is 70.9 Å². The number of β-amino-alcohol motifs (C(OH)–C–C–N with tert-alkyl or cyclic N) is 1. The van der Waals surface area contributed by atoms with Crippen molar-refractivity contribution in [3.05, 3.63) is 24.3 Å². The van der Waals surface area contributed by atoms with Crippen LogP contribution in [0.25, 0.3) is 0 Å². The highest BCUT2D eigenvalue weighted by Gasteiger charge is 2.22. The Morgan fingerprint density at radius 1 is 1.18 bits per heavy atom. The van der Waals surface area contributed by atoms with Crippen LogP contribution in [-0.2, 0) is 0 Å². The Labute approximate surface area is 169 Å². The van der Waals surface area contributed by atoms with E-state index < -0.39 is 0 Å². The number of methoxy groups -OCH3 is 1. The van der Waals surface area contributed by atoms with Gasteiger partial charge in [-0.05, 0) is 44.0 Å². The van der Waals surface area contributed by atoms with Crippen molar-refractivity contribution in [3.63, 3.8) is 0 Å². The summed E-state index contributed by atoms with van der Waals surface area (Å²) < 4.78 is 5.24.